The molecule has 0 unspecified atom stereocenters. The number of anilines is 4. The molecule has 0 aliphatic carbocycles. The zero-order valence-corrected chi connectivity index (χ0v) is 32.6. The van der Waals surface area contributed by atoms with E-state index in [1.807, 2.05) is 0 Å². The van der Waals surface area contributed by atoms with Gasteiger partial charge in [0.2, 0.25) is 5.13 Å². The monoisotopic (exact) mass is 848 g/mol. The van der Waals surface area contributed by atoms with Crippen LogP contribution in [0.5, 0.6) is 5.75 Å². The van der Waals surface area contributed by atoms with Gasteiger partial charge in [-0.25, -0.2) is 18.4 Å². The van der Waals surface area contributed by atoms with Gasteiger partial charge in [-0.3, -0.25) is 14.3 Å². The number of aliphatic hydroxyl groups is 2. The van der Waals surface area contributed by atoms with E-state index in [0.29, 0.717) is 45.5 Å². The second-order valence-electron chi connectivity index (χ2n) is 11.7. The maximum Gasteiger partial charge on any atom is 0.279 e. The van der Waals surface area contributed by atoms with Gasteiger partial charge >= 0.3 is 0 Å². The molecule has 290 valence electrons. The van der Waals surface area contributed by atoms with Crippen molar-refractivity contribution in [1.29, 1.82) is 0 Å². The topological polar surface area (TPSA) is 234 Å². The number of carbonyl (C=O) groups excluding carboxylic acids is 2. The van der Waals surface area contributed by atoms with Gasteiger partial charge in [0.25, 0.3) is 41.9 Å². The quantitative estimate of drug-likeness (QED) is 0.174. The zero-order valence-electron chi connectivity index (χ0n) is 28.6. The standard InChI is InChI=1S/C20H19N3O7S3.C13H13N3O4S2/c1-30-15-4-8-17(9-5-15)33(28,29)23(20-21-11-13-31-20)32(26,27)16-6-2-14(3-7-16)22-12-10-18(24)19(22)25;17-11-5-7-16(12(11)18)9-1-3-10(4-2-9)22(19,20)15-13-14-6-8-21-13/h2-9,11,13,18,24H,10,12H2,1H3;1-4,6,8,11,17H,5,7H2,(H,14,15)/t18-;11-/m11/s1. The van der Waals surface area contributed by atoms with E-state index in [4.69, 9.17) is 4.74 Å². The molecule has 0 radical (unpaired) electrons. The lowest BCUT2D eigenvalue weighted by Gasteiger charge is -2.22. The number of methoxy groups -OCH3 is 1. The number of amides is 2. The molecule has 2 aliphatic rings. The van der Waals surface area contributed by atoms with Gasteiger partial charge in [-0.2, -0.15) is 16.8 Å². The van der Waals surface area contributed by atoms with Crippen LogP contribution in [-0.2, 0) is 39.7 Å². The fourth-order valence-electron chi connectivity index (χ4n) is 5.47. The smallest absolute Gasteiger partial charge is 0.279 e. The molecule has 2 saturated heterocycles. The lowest BCUT2D eigenvalue weighted by Crippen LogP contribution is -2.37. The summed E-state index contributed by atoms with van der Waals surface area (Å²) >= 11 is 2.04. The number of carbonyl (C=O) groups is 2. The third-order valence-corrected chi connectivity index (χ3v) is 15.6. The first-order chi connectivity index (χ1) is 26.1. The summed E-state index contributed by atoms with van der Waals surface area (Å²) in [4.78, 5) is 33.9. The number of aliphatic hydroxyl groups excluding tert-OH is 2. The van der Waals surface area contributed by atoms with Crippen LogP contribution in [0.2, 0.25) is 0 Å². The van der Waals surface area contributed by atoms with Gasteiger partial charge in [0, 0.05) is 60.5 Å². The Morgan fingerprint density at radius 1 is 0.691 bits per heavy atom. The Morgan fingerprint density at radius 3 is 1.55 bits per heavy atom. The maximum absolute atomic E-state index is 13.5. The number of thiazole rings is 2. The van der Waals surface area contributed by atoms with Crippen LogP contribution >= 0.6 is 22.7 Å². The Morgan fingerprint density at radius 2 is 1.15 bits per heavy atom. The third kappa shape index (κ3) is 8.34. The van der Waals surface area contributed by atoms with E-state index in [9.17, 15) is 45.1 Å². The van der Waals surface area contributed by atoms with Gasteiger partial charge in [-0.05, 0) is 72.8 Å². The van der Waals surface area contributed by atoms with Crippen molar-refractivity contribution in [3.05, 3.63) is 96.0 Å². The minimum absolute atomic E-state index is 0.0821. The minimum Gasteiger partial charge on any atom is -0.497 e. The second kappa shape index (κ2) is 16.0. The van der Waals surface area contributed by atoms with Gasteiger partial charge in [-0.1, -0.05) is 0 Å². The Labute approximate surface area is 324 Å². The molecular formula is C33H32N6O11S5. The third-order valence-electron chi connectivity index (χ3n) is 8.28. The number of aromatic nitrogens is 2. The molecule has 17 nitrogen and oxygen atoms in total. The summed E-state index contributed by atoms with van der Waals surface area (Å²) in [6, 6.07) is 16.5. The first-order valence-corrected chi connectivity index (χ1v) is 22.2. The number of sulfonamides is 3. The molecule has 2 atom stereocenters. The Hall–Kier alpha value is -4.97. The van der Waals surface area contributed by atoms with E-state index >= 15 is 0 Å². The fourth-order valence-corrected chi connectivity index (χ4v) is 12.0. The van der Waals surface area contributed by atoms with Gasteiger partial charge in [-0.15, -0.1) is 26.4 Å². The number of benzene rings is 3. The van der Waals surface area contributed by atoms with E-state index in [1.165, 1.54) is 107 Å². The molecule has 55 heavy (non-hydrogen) atoms. The summed E-state index contributed by atoms with van der Waals surface area (Å²) in [7, 11) is -11.4. The molecule has 3 N–H and O–H groups in total. The van der Waals surface area contributed by atoms with Gasteiger partial charge in [0.1, 0.15) is 18.0 Å². The average molecular weight is 849 g/mol. The normalized spacial score (nSPS) is 17.5. The van der Waals surface area contributed by atoms with Crippen LogP contribution in [0.1, 0.15) is 12.8 Å². The number of nitrogens with zero attached hydrogens (tertiary/aromatic N) is 5. The van der Waals surface area contributed by atoms with Gasteiger partial charge in [0.15, 0.2) is 5.13 Å². The van der Waals surface area contributed by atoms with Crippen molar-refractivity contribution in [3.8, 4) is 5.75 Å². The summed E-state index contributed by atoms with van der Waals surface area (Å²) < 4.78 is 85.9. The van der Waals surface area contributed by atoms with Gasteiger partial charge in [0.05, 0.1) is 21.8 Å². The molecule has 0 spiro atoms. The average Bonchev–Trinajstić information content (AvgIpc) is 4.00. The molecule has 5 aromatic rings. The van der Waals surface area contributed by atoms with Crippen LogP contribution in [0.3, 0.4) is 0 Å². The predicted octanol–water partition coefficient (Wildman–Crippen LogP) is 2.88. The fraction of sp³-hybridized carbons (Fsp3) is 0.212. The highest BCUT2D eigenvalue weighted by molar-refractivity contribution is 8.10. The van der Waals surface area contributed by atoms with Crippen molar-refractivity contribution in [2.75, 3.05) is 38.4 Å². The first kappa shape index (κ1) is 39.7. The summed E-state index contributed by atoms with van der Waals surface area (Å²) in [6.45, 7) is 0.715. The number of hydrogen-bond acceptors (Lipinski definition) is 15. The van der Waals surface area contributed by atoms with E-state index in [0.717, 1.165) is 11.3 Å². The van der Waals surface area contributed by atoms with Crippen molar-refractivity contribution in [2.24, 2.45) is 0 Å². The number of hydrogen-bond donors (Lipinski definition) is 3. The summed E-state index contributed by atoms with van der Waals surface area (Å²) in [5, 5.41) is 22.3. The van der Waals surface area contributed by atoms with E-state index < -0.39 is 48.2 Å². The highest BCUT2D eigenvalue weighted by atomic mass is 32.3. The van der Waals surface area contributed by atoms with Crippen LogP contribution in [-0.4, -0.2) is 89.7 Å². The first-order valence-electron chi connectivity index (χ1n) is 16.1. The number of ether oxygens (including phenoxy) is 1. The van der Waals surface area contributed by atoms with Crippen molar-refractivity contribution >= 4 is 86.2 Å². The van der Waals surface area contributed by atoms with E-state index in [1.54, 1.807) is 17.5 Å². The van der Waals surface area contributed by atoms with Crippen molar-refractivity contribution < 1.29 is 49.8 Å². The van der Waals surface area contributed by atoms with Crippen molar-refractivity contribution in [1.82, 2.24) is 9.97 Å². The molecule has 22 heteroatoms. The molecule has 2 amide bonds. The Bertz CT molecular complexity index is 2470. The lowest BCUT2D eigenvalue weighted by atomic mass is 10.3. The van der Waals surface area contributed by atoms with Crippen LogP contribution in [0, 0.1) is 0 Å². The summed E-state index contributed by atoms with van der Waals surface area (Å²) in [6.07, 6.45) is 1.40. The molecule has 2 aromatic heterocycles. The van der Waals surface area contributed by atoms with Crippen molar-refractivity contribution in [3.63, 3.8) is 0 Å². The molecular weight excluding hydrogens is 817 g/mol. The second-order valence-corrected chi connectivity index (χ2v) is 19.0. The SMILES string of the molecule is COc1ccc(S(=O)(=O)N(c2nccs2)S(=O)(=O)c2ccc(N3CC[C@@H](O)C3=O)cc2)cc1.O=C1[C@H](O)CCN1c1ccc(S(=O)(=O)Nc2nccs2)cc1. The minimum atomic E-state index is -4.60. The van der Waals surface area contributed by atoms with Gasteiger partial charge < -0.3 is 24.7 Å². The molecule has 2 aliphatic heterocycles. The summed E-state index contributed by atoms with van der Waals surface area (Å²) in [5.74, 6) is -0.427. The zero-order chi connectivity index (χ0) is 39.5. The molecule has 2 fully saturated rings. The number of rotatable bonds is 11. The molecule has 0 saturated carbocycles. The molecule has 3 aromatic carbocycles. The molecule has 0 bridgehead atoms. The lowest BCUT2D eigenvalue weighted by molar-refractivity contribution is -0.124. The molecule has 4 heterocycles. The Balaban J connectivity index is 0.000000203. The maximum atomic E-state index is 13.5. The molecule has 7 rings (SSSR count). The summed E-state index contributed by atoms with van der Waals surface area (Å²) in [5.41, 5.74) is 0.962. The van der Waals surface area contributed by atoms with E-state index in [-0.39, 0.29) is 32.1 Å². The van der Waals surface area contributed by atoms with Crippen LogP contribution in [0.4, 0.5) is 21.6 Å². The van der Waals surface area contributed by atoms with E-state index in [2.05, 4.69) is 14.7 Å². The predicted molar refractivity (Wildman–Crippen MR) is 204 cm³/mol. The highest BCUT2D eigenvalue weighted by Crippen LogP contribution is 2.34. The van der Waals surface area contributed by atoms with Crippen LogP contribution in [0.25, 0.3) is 0 Å². The van der Waals surface area contributed by atoms with Crippen LogP contribution in [0.15, 0.2) is 111 Å². The van der Waals surface area contributed by atoms with Crippen LogP contribution < -0.4 is 23.0 Å². The largest absolute Gasteiger partial charge is 0.497 e. The Kier molecular flexibility index (Phi) is 11.6. The van der Waals surface area contributed by atoms with Crippen molar-refractivity contribution in [2.45, 2.75) is 39.7 Å². The number of nitrogens with one attached hydrogen (secondary N) is 1. The highest BCUT2D eigenvalue weighted by Gasteiger charge is 2.39.